The third-order valence-corrected chi connectivity index (χ3v) is 7.11. The topological polar surface area (TPSA) is 68.1 Å². The van der Waals surface area contributed by atoms with Gasteiger partial charge in [-0.05, 0) is 87.3 Å². The molecule has 0 amide bonds. The molecular weight excluding hydrogens is 415 g/mol. The van der Waals surface area contributed by atoms with Gasteiger partial charge in [0.1, 0.15) is 16.6 Å². The number of hydrogen-bond acceptors (Lipinski definition) is 7. The van der Waals surface area contributed by atoms with E-state index in [0.29, 0.717) is 35.6 Å². The van der Waals surface area contributed by atoms with Gasteiger partial charge in [-0.25, -0.2) is 9.07 Å². The summed E-state index contributed by atoms with van der Waals surface area (Å²) in [6.45, 7) is 8.18. The van der Waals surface area contributed by atoms with Crippen molar-refractivity contribution in [2.24, 2.45) is 11.8 Å². The quantitative estimate of drug-likeness (QED) is 0.587. The standard InChI is InChI=1S/C22H27FN6OS/c1-13(2)29-22(30-18-8-6-17(23)7-9-18)25-21(26-29)24-20-15-4-5-16(20)12-28(11-15)19-10-14(3)27-31-19/h6-10,13,15-16,20H,4-5,11-12H2,1-3H3,(H,24,26)/t15-,16+,20+. The summed E-state index contributed by atoms with van der Waals surface area (Å²) in [5.74, 6) is 1.93. The molecule has 2 aromatic heterocycles. The Kier molecular flexibility index (Phi) is 5.29. The van der Waals surface area contributed by atoms with Gasteiger partial charge in [0.2, 0.25) is 5.95 Å². The van der Waals surface area contributed by atoms with E-state index in [1.54, 1.807) is 28.3 Å². The molecule has 0 radical (unpaired) electrons. The molecule has 2 fully saturated rings. The van der Waals surface area contributed by atoms with Crippen molar-refractivity contribution in [3.05, 3.63) is 41.8 Å². The highest BCUT2D eigenvalue weighted by Crippen LogP contribution is 2.41. The van der Waals surface area contributed by atoms with Crippen LogP contribution in [0.4, 0.5) is 15.3 Å². The number of aryl methyl sites for hydroxylation is 1. The zero-order valence-electron chi connectivity index (χ0n) is 18.0. The average Bonchev–Trinajstić information content (AvgIpc) is 3.40. The number of benzene rings is 1. The smallest absolute Gasteiger partial charge is 0.322 e. The van der Waals surface area contributed by atoms with Crippen LogP contribution in [0.15, 0.2) is 30.3 Å². The molecule has 7 nitrogen and oxygen atoms in total. The average molecular weight is 443 g/mol. The number of anilines is 2. The number of hydrogen-bond donors (Lipinski definition) is 1. The van der Waals surface area contributed by atoms with E-state index in [1.807, 2.05) is 20.8 Å². The number of halogens is 1. The van der Waals surface area contributed by atoms with Gasteiger partial charge >= 0.3 is 6.01 Å². The molecule has 3 aromatic rings. The zero-order valence-corrected chi connectivity index (χ0v) is 18.8. The Morgan fingerprint density at radius 2 is 1.87 bits per heavy atom. The van der Waals surface area contributed by atoms with Gasteiger partial charge in [0.05, 0.1) is 11.7 Å². The molecule has 1 aliphatic heterocycles. The van der Waals surface area contributed by atoms with Crippen LogP contribution < -0.4 is 15.0 Å². The summed E-state index contributed by atoms with van der Waals surface area (Å²) < 4.78 is 25.3. The molecule has 5 rings (SSSR count). The van der Waals surface area contributed by atoms with Crippen LogP contribution in [0.3, 0.4) is 0 Å². The monoisotopic (exact) mass is 442 g/mol. The van der Waals surface area contributed by atoms with Crippen molar-refractivity contribution in [2.75, 3.05) is 23.3 Å². The Morgan fingerprint density at radius 3 is 2.48 bits per heavy atom. The van der Waals surface area contributed by atoms with Crippen LogP contribution in [-0.4, -0.2) is 38.3 Å². The fourth-order valence-corrected chi connectivity index (χ4v) is 5.45. The maximum absolute atomic E-state index is 13.2. The highest BCUT2D eigenvalue weighted by molar-refractivity contribution is 7.10. The molecular formula is C22H27FN6OS. The minimum absolute atomic E-state index is 0.0895. The molecule has 9 heteroatoms. The third kappa shape index (κ3) is 4.11. The first-order valence-corrected chi connectivity index (χ1v) is 11.6. The van der Waals surface area contributed by atoms with Crippen molar-refractivity contribution in [1.29, 1.82) is 0 Å². The van der Waals surface area contributed by atoms with Crippen molar-refractivity contribution in [2.45, 2.75) is 45.7 Å². The van der Waals surface area contributed by atoms with E-state index < -0.39 is 0 Å². The number of nitrogens with zero attached hydrogens (tertiary/aromatic N) is 5. The van der Waals surface area contributed by atoms with E-state index in [-0.39, 0.29) is 11.9 Å². The maximum atomic E-state index is 13.2. The molecule has 31 heavy (non-hydrogen) atoms. The molecule has 3 heterocycles. The predicted molar refractivity (Wildman–Crippen MR) is 120 cm³/mol. The fourth-order valence-electron chi connectivity index (χ4n) is 4.67. The first-order chi connectivity index (χ1) is 15.0. The summed E-state index contributed by atoms with van der Waals surface area (Å²) >= 11 is 1.59. The Balaban J connectivity index is 1.31. The largest absolute Gasteiger partial charge is 0.424 e. The molecule has 0 spiro atoms. The predicted octanol–water partition coefficient (Wildman–Crippen LogP) is 4.88. The lowest BCUT2D eigenvalue weighted by molar-refractivity contribution is 0.374. The molecule has 1 N–H and O–H groups in total. The van der Waals surface area contributed by atoms with Gasteiger partial charge in [0, 0.05) is 19.1 Å². The SMILES string of the molecule is Cc1cc(N2C[C@H]3CC[C@@H](C2)[C@H]3Nc2nc(Oc3ccc(F)cc3)n(C(C)C)n2)sn1. The molecule has 164 valence electrons. The van der Waals surface area contributed by atoms with Crippen LogP contribution in [0, 0.1) is 24.6 Å². The van der Waals surface area contributed by atoms with E-state index in [1.165, 1.54) is 30.0 Å². The van der Waals surface area contributed by atoms with E-state index in [2.05, 4.69) is 30.7 Å². The van der Waals surface area contributed by atoms with Crippen molar-refractivity contribution in [3.63, 3.8) is 0 Å². The lowest BCUT2D eigenvalue weighted by Crippen LogP contribution is -2.48. The van der Waals surface area contributed by atoms with E-state index in [0.717, 1.165) is 18.8 Å². The van der Waals surface area contributed by atoms with E-state index in [9.17, 15) is 4.39 Å². The number of piperidine rings is 1. The van der Waals surface area contributed by atoms with Gasteiger partial charge in [-0.2, -0.15) is 9.36 Å². The molecule has 1 saturated heterocycles. The normalized spacial score (nSPS) is 22.9. The number of aromatic nitrogens is 4. The van der Waals surface area contributed by atoms with Crippen LogP contribution in [-0.2, 0) is 0 Å². The summed E-state index contributed by atoms with van der Waals surface area (Å²) in [5.41, 5.74) is 1.09. The summed E-state index contributed by atoms with van der Waals surface area (Å²) in [5, 5.41) is 9.55. The summed E-state index contributed by atoms with van der Waals surface area (Å²) in [7, 11) is 0. The first kappa shape index (κ1) is 20.2. The number of ether oxygens (including phenoxy) is 1. The molecule has 1 saturated carbocycles. The highest BCUT2D eigenvalue weighted by Gasteiger charge is 2.43. The van der Waals surface area contributed by atoms with Gasteiger partial charge in [0.25, 0.3) is 0 Å². The van der Waals surface area contributed by atoms with Gasteiger partial charge in [0.15, 0.2) is 0 Å². The van der Waals surface area contributed by atoms with Gasteiger partial charge in [-0.3, -0.25) is 0 Å². The lowest BCUT2D eigenvalue weighted by atomic mass is 9.92. The molecule has 2 bridgehead atoms. The number of rotatable bonds is 6. The minimum atomic E-state index is -0.296. The second-order valence-corrected chi connectivity index (χ2v) is 9.57. The van der Waals surface area contributed by atoms with Crippen LogP contribution >= 0.6 is 11.5 Å². The second kappa shape index (κ2) is 8.11. The number of fused-ring (bicyclic) bond motifs is 2. The Bertz CT molecular complexity index is 1030. The lowest BCUT2D eigenvalue weighted by Gasteiger charge is -2.38. The van der Waals surface area contributed by atoms with Crippen LogP contribution in [0.5, 0.6) is 11.8 Å². The van der Waals surface area contributed by atoms with Gasteiger partial charge in [-0.1, -0.05) is 0 Å². The van der Waals surface area contributed by atoms with E-state index in [4.69, 9.17) is 4.74 Å². The highest BCUT2D eigenvalue weighted by atomic mass is 32.1. The van der Waals surface area contributed by atoms with Crippen molar-refractivity contribution >= 4 is 22.5 Å². The fraction of sp³-hybridized carbons (Fsp3) is 0.500. The number of nitrogens with one attached hydrogen (secondary N) is 1. The summed E-state index contributed by atoms with van der Waals surface area (Å²) in [4.78, 5) is 7.10. The van der Waals surface area contributed by atoms with Gasteiger partial charge < -0.3 is 15.0 Å². The maximum Gasteiger partial charge on any atom is 0.322 e. The molecule has 1 aromatic carbocycles. The van der Waals surface area contributed by atoms with Gasteiger partial charge in [-0.15, -0.1) is 5.10 Å². The molecule has 0 unspecified atom stereocenters. The Morgan fingerprint density at radius 1 is 1.16 bits per heavy atom. The third-order valence-electron chi connectivity index (χ3n) is 6.17. The first-order valence-electron chi connectivity index (χ1n) is 10.8. The van der Waals surface area contributed by atoms with E-state index >= 15 is 0 Å². The Labute approximate surface area is 185 Å². The molecule has 2 aliphatic rings. The van der Waals surface area contributed by atoms with Crippen molar-refractivity contribution in [3.8, 4) is 11.8 Å². The second-order valence-electron chi connectivity index (χ2n) is 8.79. The van der Waals surface area contributed by atoms with Crippen molar-refractivity contribution < 1.29 is 9.13 Å². The van der Waals surface area contributed by atoms with Crippen LogP contribution in [0.25, 0.3) is 0 Å². The Hall–Kier alpha value is -2.68. The summed E-state index contributed by atoms with van der Waals surface area (Å²) in [6, 6.07) is 8.98. The van der Waals surface area contributed by atoms with Crippen LogP contribution in [0.1, 0.15) is 38.4 Å². The zero-order chi connectivity index (χ0) is 21.5. The molecule has 3 atom stereocenters. The summed E-state index contributed by atoms with van der Waals surface area (Å²) in [6.07, 6.45) is 2.42. The van der Waals surface area contributed by atoms with Crippen LogP contribution in [0.2, 0.25) is 0 Å². The minimum Gasteiger partial charge on any atom is -0.424 e. The molecule has 1 aliphatic carbocycles. The van der Waals surface area contributed by atoms with Crippen molar-refractivity contribution in [1.82, 2.24) is 19.1 Å².